The van der Waals surface area contributed by atoms with Crippen molar-refractivity contribution in [3.8, 4) is 0 Å². The first-order valence-electron chi connectivity index (χ1n) is 6.04. The van der Waals surface area contributed by atoms with Crippen LogP contribution in [-0.4, -0.2) is 29.1 Å². The van der Waals surface area contributed by atoms with Crippen LogP contribution in [0, 0.1) is 0 Å². The fraction of sp³-hybridized carbons (Fsp3) is 0.308. The Morgan fingerprint density at radius 1 is 1.19 bits per heavy atom. The molecule has 0 amide bonds. The molecule has 0 saturated heterocycles. The number of carboxylic acids is 3. The van der Waals surface area contributed by atoms with Crippen LogP contribution in [0.3, 0.4) is 0 Å². The molecule has 0 saturated carbocycles. The van der Waals surface area contributed by atoms with Crippen LogP contribution in [-0.2, 0) is 16.1 Å². The zero-order valence-corrected chi connectivity index (χ0v) is 11.3. The lowest BCUT2D eigenvalue weighted by Gasteiger charge is -2.05. The fourth-order valence-corrected chi connectivity index (χ4v) is 1.19. The number of rotatable bonds is 6. The van der Waals surface area contributed by atoms with Crippen LogP contribution >= 0.6 is 0 Å². The molecule has 0 unspecified atom stereocenters. The van der Waals surface area contributed by atoms with Crippen molar-refractivity contribution in [2.75, 3.05) is 0 Å². The van der Waals surface area contributed by atoms with Crippen LogP contribution in [0.4, 0.5) is 0 Å². The Balaban J connectivity index is 0.000000384. The summed E-state index contributed by atoms with van der Waals surface area (Å²) in [6.07, 6.45) is -0.153. The monoisotopic (exact) mass is 297 g/mol. The van der Waals surface area contributed by atoms with Gasteiger partial charge in [-0.25, -0.2) is 0 Å². The quantitative estimate of drug-likeness (QED) is 0.493. The lowest BCUT2D eigenvalue weighted by molar-refractivity contribution is -0.438. The van der Waals surface area contributed by atoms with Gasteiger partial charge in [-0.1, -0.05) is 24.3 Å². The third kappa shape index (κ3) is 8.35. The molecule has 0 fully saturated rings. The van der Waals surface area contributed by atoms with Crippen LogP contribution in [0.5, 0.6) is 0 Å². The second-order valence-corrected chi connectivity index (χ2v) is 4.14. The highest BCUT2D eigenvalue weighted by Crippen LogP contribution is 2.01. The minimum absolute atomic E-state index is 0.0255. The Kier molecular flexibility index (Phi) is 8.35. The molecular formula is C13H17N2O6-. The van der Waals surface area contributed by atoms with Crippen molar-refractivity contribution in [3.63, 3.8) is 0 Å². The predicted octanol–water partition coefficient (Wildman–Crippen LogP) is -3.28. The summed E-state index contributed by atoms with van der Waals surface area (Å²) in [6, 6.07) is 5.39. The van der Waals surface area contributed by atoms with Gasteiger partial charge in [-0.3, -0.25) is 4.79 Å². The van der Waals surface area contributed by atoms with E-state index in [0.717, 1.165) is 5.56 Å². The number of hydrogen-bond donors (Lipinski definition) is 3. The lowest BCUT2D eigenvalue weighted by atomic mass is 10.1. The molecule has 116 valence electrons. The summed E-state index contributed by atoms with van der Waals surface area (Å²) in [4.78, 5) is 30.1. The molecule has 0 heterocycles. The number of carboxylic acid groups (broad SMARTS) is 3. The molecule has 8 nitrogen and oxygen atoms in total. The van der Waals surface area contributed by atoms with Gasteiger partial charge < -0.3 is 36.4 Å². The number of nitrogens with two attached hydrogens (primary N) is 1. The van der Waals surface area contributed by atoms with Crippen LogP contribution in [0.2, 0.25) is 0 Å². The van der Waals surface area contributed by atoms with E-state index in [9.17, 15) is 24.6 Å². The van der Waals surface area contributed by atoms with Gasteiger partial charge in [0, 0.05) is 13.0 Å². The maximum absolute atomic E-state index is 10.3. The van der Waals surface area contributed by atoms with Crippen LogP contribution in [0.15, 0.2) is 24.3 Å². The number of carbonyl (C=O) groups excluding carboxylic acids is 2. The molecule has 0 aromatic heterocycles. The van der Waals surface area contributed by atoms with Crippen molar-refractivity contribution < 1.29 is 35.4 Å². The highest BCUT2D eigenvalue weighted by molar-refractivity contribution is 5.85. The highest BCUT2D eigenvalue weighted by atomic mass is 16.4. The zero-order valence-electron chi connectivity index (χ0n) is 11.3. The summed E-state index contributed by atoms with van der Waals surface area (Å²) in [5.74, 6) is -3.48. The molecular weight excluding hydrogens is 280 g/mol. The topological polar surface area (TPSA) is 171 Å². The summed E-state index contributed by atoms with van der Waals surface area (Å²) in [6.45, 7) is 0.424. The number of hydrogen-bond acceptors (Lipinski definition) is 6. The second kappa shape index (κ2) is 9.45. The molecule has 0 bridgehead atoms. The molecule has 21 heavy (non-hydrogen) atoms. The van der Waals surface area contributed by atoms with Gasteiger partial charge in [-0.2, -0.15) is 0 Å². The first kappa shape index (κ1) is 18.6. The lowest BCUT2D eigenvalue weighted by Crippen LogP contribution is -2.68. The summed E-state index contributed by atoms with van der Waals surface area (Å²) in [5, 5.41) is 28.3. The Hall–Kier alpha value is -2.45. The van der Waals surface area contributed by atoms with E-state index in [-0.39, 0.29) is 18.4 Å². The van der Waals surface area contributed by atoms with Gasteiger partial charge in [0.05, 0.1) is 18.4 Å². The maximum Gasteiger partial charge on any atom is 0.303 e. The first-order chi connectivity index (χ1) is 9.77. The Labute approximate surface area is 121 Å². The Bertz CT molecular complexity index is 486. The number of quaternary nitrogens is 1. The van der Waals surface area contributed by atoms with E-state index in [1.54, 1.807) is 12.1 Å². The molecule has 1 aromatic carbocycles. The van der Waals surface area contributed by atoms with Crippen molar-refractivity contribution in [2.45, 2.75) is 25.4 Å². The Morgan fingerprint density at radius 2 is 1.71 bits per heavy atom. The fourth-order valence-electron chi connectivity index (χ4n) is 1.19. The first-order valence-corrected chi connectivity index (χ1v) is 6.04. The third-order valence-corrected chi connectivity index (χ3v) is 2.47. The highest BCUT2D eigenvalue weighted by Gasteiger charge is 2.08. The van der Waals surface area contributed by atoms with Crippen molar-refractivity contribution in [3.05, 3.63) is 35.4 Å². The average molecular weight is 297 g/mol. The summed E-state index contributed by atoms with van der Waals surface area (Å²) < 4.78 is 0. The summed E-state index contributed by atoms with van der Waals surface area (Å²) in [5.41, 5.74) is 9.59. The molecule has 1 rings (SSSR count). The van der Waals surface area contributed by atoms with Gasteiger partial charge in [0.25, 0.3) is 0 Å². The van der Waals surface area contributed by atoms with Crippen LogP contribution in [0.1, 0.15) is 28.8 Å². The third-order valence-electron chi connectivity index (χ3n) is 2.47. The average Bonchev–Trinajstić information content (AvgIpc) is 2.45. The molecule has 1 aromatic rings. The molecule has 0 aliphatic carbocycles. The predicted molar refractivity (Wildman–Crippen MR) is 67.2 cm³/mol. The number of aliphatic carboxylic acids is 2. The minimum atomic E-state index is -1.30. The smallest absolute Gasteiger partial charge is 0.303 e. The van der Waals surface area contributed by atoms with E-state index in [4.69, 9.17) is 10.8 Å². The van der Waals surface area contributed by atoms with Crippen LogP contribution < -0.4 is 21.7 Å². The van der Waals surface area contributed by atoms with Gasteiger partial charge >= 0.3 is 5.97 Å². The summed E-state index contributed by atoms with van der Waals surface area (Å²) in [7, 11) is 0. The van der Waals surface area contributed by atoms with Gasteiger partial charge in [0.1, 0.15) is 6.04 Å². The van der Waals surface area contributed by atoms with Gasteiger partial charge in [0.15, 0.2) is 0 Å². The second-order valence-electron chi connectivity index (χ2n) is 4.14. The van der Waals surface area contributed by atoms with Crippen molar-refractivity contribution >= 4 is 17.9 Å². The van der Waals surface area contributed by atoms with Crippen molar-refractivity contribution in [1.82, 2.24) is 0 Å². The molecule has 8 heteroatoms. The van der Waals surface area contributed by atoms with Gasteiger partial charge in [0.2, 0.25) is 0 Å². The van der Waals surface area contributed by atoms with Crippen molar-refractivity contribution in [2.24, 2.45) is 5.73 Å². The molecule has 6 N–H and O–H groups in total. The molecule has 0 spiro atoms. The number of aromatic carboxylic acids is 1. The molecule has 0 aliphatic rings. The van der Waals surface area contributed by atoms with E-state index >= 15 is 0 Å². The Morgan fingerprint density at radius 3 is 2.05 bits per heavy atom. The normalized spacial score (nSPS) is 11.0. The van der Waals surface area contributed by atoms with Crippen LogP contribution in [0.25, 0.3) is 0 Å². The minimum Gasteiger partial charge on any atom is -0.545 e. The van der Waals surface area contributed by atoms with Crippen molar-refractivity contribution in [1.29, 1.82) is 0 Å². The standard InChI is InChI=1S/C8H9NO2.C5H9NO4/c9-5-6-1-3-7(4-2-6)8(10)11;6-3(5(9)10)1-2-4(7)8/h1-4H,5,9H2,(H,10,11);3H,1-2,6H2,(H,7,8)(H,9,10)/p-1/t;3-/m.0/s1. The number of carbonyl (C=O) groups is 3. The summed E-state index contributed by atoms with van der Waals surface area (Å²) >= 11 is 0. The van der Waals surface area contributed by atoms with E-state index < -0.39 is 23.9 Å². The largest absolute Gasteiger partial charge is 0.545 e. The number of benzene rings is 1. The van der Waals surface area contributed by atoms with Gasteiger partial charge in [-0.15, -0.1) is 0 Å². The van der Waals surface area contributed by atoms with E-state index in [0.29, 0.717) is 6.54 Å². The van der Waals surface area contributed by atoms with Gasteiger partial charge in [-0.05, 0) is 11.1 Å². The zero-order chi connectivity index (χ0) is 16.4. The molecule has 1 atom stereocenters. The molecule has 0 aliphatic heterocycles. The SMILES string of the molecule is NCc1ccc(C(=O)[O-])cc1.[NH3+][C@@H](CCC(=O)O)C(=O)[O-]. The maximum atomic E-state index is 10.3. The van der Waals surface area contributed by atoms with E-state index in [2.05, 4.69) is 5.73 Å². The molecule has 0 radical (unpaired) electrons. The van der Waals surface area contributed by atoms with E-state index in [1.165, 1.54) is 12.1 Å². The van der Waals surface area contributed by atoms with E-state index in [1.807, 2.05) is 0 Å².